The van der Waals surface area contributed by atoms with E-state index in [1.54, 1.807) is 16.2 Å². The summed E-state index contributed by atoms with van der Waals surface area (Å²) < 4.78 is 11.0. The maximum absolute atomic E-state index is 12.0. The Morgan fingerprint density at radius 3 is 3.18 bits per heavy atom. The molecule has 1 aromatic rings. The predicted molar refractivity (Wildman–Crippen MR) is 81.6 cm³/mol. The first-order chi connectivity index (χ1) is 10.6. The lowest BCUT2D eigenvalue weighted by Gasteiger charge is -2.24. The van der Waals surface area contributed by atoms with Crippen molar-refractivity contribution in [3.63, 3.8) is 0 Å². The highest BCUT2D eigenvalue weighted by molar-refractivity contribution is 7.10. The summed E-state index contributed by atoms with van der Waals surface area (Å²) in [6, 6.07) is 1.48. The van der Waals surface area contributed by atoms with Gasteiger partial charge in [-0.1, -0.05) is 0 Å². The van der Waals surface area contributed by atoms with Crippen LogP contribution < -0.4 is 5.73 Å². The number of amides is 2. The zero-order valence-corrected chi connectivity index (χ0v) is 13.1. The number of primary amides is 1. The van der Waals surface area contributed by atoms with Gasteiger partial charge in [-0.05, 0) is 29.9 Å². The van der Waals surface area contributed by atoms with Gasteiger partial charge in [0.25, 0.3) is 0 Å². The summed E-state index contributed by atoms with van der Waals surface area (Å²) in [6.07, 6.45) is 2.64. The number of hydrogen-bond donors (Lipinski definition) is 1. The van der Waals surface area contributed by atoms with E-state index in [4.69, 9.17) is 15.2 Å². The molecule has 0 unspecified atom stereocenters. The number of esters is 1. The van der Waals surface area contributed by atoms with Gasteiger partial charge in [-0.25, -0.2) is 4.79 Å². The first kappa shape index (κ1) is 15.3. The molecule has 0 bridgehead atoms. The smallest absolute Gasteiger partial charge is 0.315 e. The highest BCUT2D eigenvalue weighted by Gasteiger charge is 2.29. The van der Waals surface area contributed by atoms with E-state index in [0.717, 1.165) is 24.8 Å². The Kier molecular flexibility index (Phi) is 4.63. The third-order valence-corrected chi connectivity index (χ3v) is 5.22. The predicted octanol–water partition coefficient (Wildman–Crippen LogP) is 1.84. The number of carbonyl (C=O) groups is 2. The molecule has 0 saturated carbocycles. The summed E-state index contributed by atoms with van der Waals surface area (Å²) in [7, 11) is 0. The molecule has 7 heteroatoms. The maximum Gasteiger partial charge on any atom is 0.315 e. The molecule has 120 valence electrons. The average Bonchev–Trinajstić information content (AvgIpc) is 3.14. The molecule has 2 aliphatic heterocycles. The molecular formula is C15H20N2O4S. The van der Waals surface area contributed by atoms with Crippen LogP contribution in [0.4, 0.5) is 4.79 Å². The standard InChI is InChI=1S/C15H20N2O4S/c16-15(19)17-5-1-2-10(17)9-21-14(18)8-12-11-4-7-22-13(11)3-6-20-12/h4,7,10,12H,1-3,5-6,8-9H2,(H2,16,19)/t10-,12+/m1/s1. The molecule has 3 heterocycles. The Bertz CT molecular complexity index is 559. The van der Waals surface area contributed by atoms with E-state index in [2.05, 4.69) is 0 Å². The van der Waals surface area contributed by atoms with Crippen molar-refractivity contribution in [2.24, 2.45) is 5.73 Å². The highest BCUT2D eigenvalue weighted by atomic mass is 32.1. The van der Waals surface area contributed by atoms with Gasteiger partial charge >= 0.3 is 12.0 Å². The van der Waals surface area contributed by atoms with Gasteiger partial charge in [-0.15, -0.1) is 11.3 Å². The lowest BCUT2D eigenvalue weighted by atomic mass is 10.0. The van der Waals surface area contributed by atoms with Crippen LogP contribution in [0.15, 0.2) is 11.4 Å². The van der Waals surface area contributed by atoms with E-state index < -0.39 is 6.03 Å². The number of likely N-dealkylation sites (tertiary alicyclic amines) is 1. The van der Waals surface area contributed by atoms with Crippen LogP contribution in [0.1, 0.15) is 35.8 Å². The minimum absolute atomic E-state index is 0.0922. The zero-order chi connectivity index (χ0) is 15.5. The van der Waals surface area contributed by atoms with Gasteiger partial charge in [-0.2, -0.15) is 0 Å². The lowest BCUT2D eigenvalue weighted by Crippen LogP contribution is -2.42. The Balaban J connectivity index is 1.51. The summed E-state index contributed by atoms with van der Waals surface area (Å²) in [4.78, 5) is 26.2. The fraction of sp³-hybridized carbons (Fsp3) is 0.600. The van der Waals surface area contributed by atoms with Gasteiger partial charge < -0.3 is 20.1 Å². The van der Waals surface area contributed by atoms with Crippen LogP contribution >= 0.6 is 11.3 Å². The van der Waals surface area contributed by atoms with E-state index in [-0.39, 0.29) is 31.1 Å². The van der Waals surface area contributed by atoms with Gasteiger partial charge in [0.15, 0.2) is 0 Å². The van der Waals surface area contributed by atoms with Crippen LogP contribution in [0.3, 0.4) is 0 Å². The third-order valence-electron chi connectivity index (χ3n) is 4.22. The van der Waals surface area contributed by atoms with Crippen LogP contribution in [-0.4, -0.2) is 42.7 Å². The van der Waals surface area contributed by atoms with Crippen molar-refractivity contribution in [1.82, 2.24) is 4.90 Å². The largest absolute Gasteiger partial charge is 0.463 e. The topological polar surface area (TPSA) is 81.9 Å². The Hall–Kier alpha value is -1.60. The SMILES string of the molecule is NC(=O)N1CCC[C@@H]1COC(=O)C[C@@H]1OCCc2sccc21. The van der Waals surface area contributed by atoms with Gasteiger partial charge in [0.1, 0.15) is 6.61 Å². The molecule has 1 aromatic heterocycles. The molecule has 2 aliphatic rings. The fourth-order valence-electron chi connectivity index (χ4n) is 3.09. The van der Waals surface area contributed by atoms with Crippen molar-refractivity contribution in [1.29, 1.82) is 0 Å². The molecule has 6 nitrogen and oxygen atoms in total. The van der Waals surface area contributed by atoms with E-state index in [0.29, 0.717) is 13.2 Å². The first-order valence-corrected chi connectivity index (χ1v) is 8.42. The minimum Gasteiger partial charge on any atom is -0.463 e. The van der Waals surface area contributed by atoms with Crippen molar-refractivity contribution in [3.8, 4) is 0 Å². The molecule has 0 spiro atoms. The molecule has 1 saturated heterocycles. The summed E-state index contributed by atoms with van der Waals surface area (Å²) in [5, 5.41) is 2.03. The molecule has 0 aromatic carbocycles. The average molecular weight is 324 g/mol. The van der Waals surface area contributed by atoms with Gasteiger partial charge in [-0.3, -0.25) is 4.79 Å². The van der Waals surface area contributed by atoms with Crippen molar-refractivity contribution in [2.45, 2.75) is 37.8 Å². The number of nitrogens with zero attached hydrogens (tertiary/aromatic N) is 1. The van der Waals surface area contributed by atoms with Crippen LogP contribution in [0.2, 0.25) is 0 Å². The zero-order valence-electron chi connectivity index (χ0n) is 12.3. The van der Waals surface area contributed by atoms with Crippen LogP contribution in [0, 0.1) is 0 Å². The Morgan fingerprint density at radius 1 is 1.50 bits per heavy atom. The molecular weight excluding hydrogens is 304 g/mol. The normalized spacial score (nSPS) is 24.1. The van der Waals surface area contributed by atoms with Crippen molar-refractivity contribution in [2.75, 3.05) is 19.8 Å². The second-order valence-corrected chi connectivity index (χ2v) is 6.62. The summed E-state index contributed by atoms with van der Waals surface area (Å²) in [5.41, 5.74) is 6.42. The van der Waals surface area contributed by atoms with Gasteiger partial charge in [0, 0.05) is 17.8 Å². The first-order valence-electron chi connectivity index (χ1n) is 7.54. The monoisotopic (exact) mass is 324 g/mol. The second-order valence-electron chi connectivity index (χ2n) is 5.62. The van der Waals surface area contributed by atoms with Crippen LogP contribution in [-0.2, 0) is 20.7 Å². The molecule has 1 fully saturated rings. The lowest BCUT2D eigenvalue weighted by molar-refractivity contribution is -0.148. The van der Waals surface area contributed by atoms with Gasteiger partial charge in [0.05, 0.1) is 25.2 Å². The minimum atomic E-state index is -0.447. The Morgan fingerprint density at radius 2 is 2.36 bits per heavy atom. The number of rotatable bonds is 4. The number of hydrogen-bond acceptors (Lipinski definition) is 5. The molecule has 2 amide bonds. The number of urea groups is 1. The van der Waals surface area contributed by atoms with Crippen LogP contribution in [0.5, 0.6) is 0 Å². The quantitative estimate of drug-likeness (QED) is 0.857. The van der Waals surface area contributed by atoms with Gasteiger partial charge in [0.2, 0.25) is 0 Å². The van der Waals surface area contributed by atoms with E-state index in [9.17, 15) is 9.59 Å². The summed E-state index contributed by atoms with van der Waals surface area (Å²) in [5.74, 6) is -0.291. The number of carbonyl (C=O) groups excluding carboxylic acids is 2. The summed E-state index contributed by atoms with van der Waals surface area (Å²) in [6.45, 7) is 1.50. The number of thiophene rings is 1. The van der Waals surface area contributed by atoms with E-state index in [1.165, 1.54) is 4.88 Å². The maximum atomic E-state index is 12.0. The molecule has 3 rings (SSSR count). The molecule has 0 aliphatic carbocycles. The molecule has 2 atom stereocenters. The van der Waals surface area contributed by atoms with E-state index in [1.807, 2.05) is 11.4 Å². The third kappa shape index (κ3) is 3.25. The summed E-state index contributed by atoms with van der Waals surface area (Å²) >= 11 is 1.70. The van der Waals surface area contributed by atoms with Crippen molar-refractivity contribution < 1.29 is 19.1 Å². The second kappa shape index (κ2) is 6.66. The van der Waals surface area contributed by atoms with Crippen molar-refractivity contribution in [3.05, 3.63) is 21.9 Å². The Labute approximate surface area is 133 Å². The molecule has 0 radical (unpaired) electrons. The number of nitrogens with two attached hydrogens (primary N) is 1. The number of fused-ring (bicyclic) bond motifs is 1. The fourth-order valence-corrected chi connectivity index (χ4v) is 4.01. The molecule has 22 heavy (non-hydrogen) atoms. The van der Waals surface area contributed by atoms with E-state index >= 15 is 0 Å². The number of ether oxygens (including phenoxy) is 2. The molecule has 2 N–H and O–H groups in total. The van der Waals surface area contributed by atoms with Crippen LogP contribution in [0.25, 0.3) is 0 Å². The van der Waals surface area contributed by atoms with Crippen molar-refractivity contribution >= 4 is 23.3 Å². The highest BCUT2D eigenvalue weighted by Crippen LogP contribution is 2.33.